The third kappa shape index (κ3) is 3.56. The number of hydrogen-bond donors (Lipinski definition) is 0. The predicted octanol–water partition coefficient (Wildman–Crippen LogP) is 2.61. The second-order valence-electron chi connectivity index (χ2n) is 6.35. The zero-order valence-corrected chi connectivity index (χ0v) is 14.2. The van der Waals surface area contributed by atoms with Crippen molar-refractivity contribution in [2.75, 3.05) is 13.1 Å². The molecule has 0 aromatic carbocycles. The molecular weight excluding hydrogens is 316 g/mol. The highest BCUT2D eigenvalue weighted by Crippen LogP contribution is 2.31. The van der Waals surface area contributed by atoms with Crippen molar-refractivity contribution in [3.63, 3.8) is 0 Å². The normalized spacial score (nSPS) is 18.4. The van der Waals surface area contributed by atoms with Gasteiger partial charge in [-0.25, -0.2) is 9.97 Å². The van der Waals surface area contributed by atoms with E-state index in [0.29, 0.717) is 17.6 Å². The van der Waals surface area contributed by atoms with E-state index < -0.39 is 0 Å². The second-order valence-corrected chi connectivity index (χ2v) is 6.35. The van der Waals surface area contributed by atoms with Gasteiger partial charge in [0.15, 0.2) is 0 Å². The van der Waals surface area contributed by atoms with Crippen molar-refractivity contribution in [1.82, 2.24) is 30.0 Å². The van der Waals surface area contributed by atoms with Crippen LogP contribution in [-0.2, 0) is 6.54 Å². The zero-order chi connectivity index (χ0) is 17.1. The van der Waals surface area contributed by atoms with E-state index in [1.165, 1.54) is 0 Å². The molecule has 4 rings (SSSR count). The maximum absolute atomic E-state index is 5.13. The van der Waals surface area contributed by atoms with Crippen LogP contribution in [0.2, 0.25) is 0 Å². The summed E-state index contributed by atoms with van der Waals surface area (Å²) in [5, 5.41) is 4.04. The molecule has 1 fully saturated rings. The SMILES string of the molecule is Cc1nc(-c2cncnc2[C@@H]2CCCN(Cc3ccccn3)C2)no1. The highest BCUT2D eigenvalue weighted by Gasteiger charge is 2.26. The molecule has 3 aromatic heterocycles. The number of aromatic nitrogens is 5. The summed E-state index contributed by atoms with van der Waals surface area (Å²) >= 11 is 0. The zero-order valence-electron chi connectivity index (χ0n) is 14.2. The molecule has 0 spiro atoms. The van der Waals surface area contributed by atoms with E-state index in [2.05, 4.69) is 36.1 Å². The van der Waals surface area contributed by atoms with Gasteiger partial charge in [-0.15, -0.1) is 0 Å². The van der Waals surface area contributed by atoms with Crippen molar-refractivity contribution in [3.8, 4) is 11.4 Å². The third-order valence-corrected chi connectivity index (χ3v) is 4.52. The van der Waals surface area contributed by atoms with Crippen LogP contribution in [0, 0.1) is 6.92 Å². The Morgan fingerprint density at radius 1 is 1.28 bits per heavy atom. The van der Waals surface area contributed by atoms with Crippen molar-refractivity contribution in [2.45, 2.75) is 32.2 Å². The lowest BCUT2D eigenvalue weighted by Crippen LogP contribution is -2.34. The Hall–Kier alpha value is -2.67. The number of piperidine rings is 1. The summed E-state index contributed by atoms with van der Waals surface area (Å²) in [6.45, 7) is 4.67. The van der Waals surface area contributed by atoms with Crippen LogP contribution in [0.5, 0.6) is 0 Å². The van der Waals surface area contributed by atoms with E-state index in [1.807, 2.05) is 18.3 Å². The van der Waals surface area contributed by atoms with Gasteiger partial charge in [0.2, 0.25) is 11.7 Å². The number of nitrogens with zero attached hydrogens (tertiary/aromatic N) is 6. The molecule has 3 aromatic rings. The van der Waals surface area contributed by atoms with Crippen LogP contribution in [0.4, 0.5) is 0 Å². The molecule has 0 saturated carbocycles. The van der Waals surface area contributed by atoms with Crippen molar-refractivity contribution in [1.29, 1.82) is 0 Å². The van der Waals surface area contributed by atoms with Crippen LogP contribution in [0.3, 0.4) is 0 Å². The van der Waals surface area contributed by atoms with Gasteiger partial charge in [0.1, 0.15) is 6.33 Å². The molecule has 0 unspecified atom stereocenters. The molecule has 7 heteroatoms. The first-order valence-corrected chi connectivity index (χ1v) is 8.52. The fourth-order valence-corrected chi connectivity index (χ4v) is 3.39. The minimum absolute atomic E-state index is 0.328. The molecule has 7 nitrogen and oxygen atoms in total. The average Bonchev–Trinajstić information content (AvgIpc) is 3.09. The summed E-state index contributed by atoms with van der Waals surface area (Å²) in [6, 6.07) is 6.05. The number of pyridine rings is 1. The first-order chi connectivity index (χ1) is 12.3. The van der Waals surface area contributed by atoms with E-state index in [1.54, 1.807) is 19.4 Å². The highest BCUT2D eigenvalue weighted by atomic mass is 16.5. The molecule has 25 heavy (non-hydrogen) atoms. The van der Waals surface area contributed by atoms with Crippen molar-refractivity contribution < 1.29 is 4.52 Å². The van der Waals surface area contributed by atoms with Gasteiger partial charge in [-0.1, -0.05) is 11.2 Å². The Balaban J connectivity index is 1.56. The molecule has 1 aliphatic rings. The maximum atomic E-state index is 5.13. The average molecular weight is 336 g/mol. The van der Waals surface area contributed by atoms with E-state index in [0.717, 1.165) is 49.4 Å². The quantitative estimate of drug-likeness (QED) is 0.724. The van der Waals surface area contributed by atoms with Crippen LogP contribution in [0.25, 0.3) is 11.4 Å². The molecule has 0 amide bonds. The third-order valence-electron chi connectivity index (χ3n) is 4.52. The van der Waals surface area contributed by atoms with Gasteiger partial charge in [-0.2, -0.15) is 4.98 Å². The van der Waals surface area contributed by atoms with E-state index >= 15 is 0 Å². The van der Waals surface area contributed by atoms with Gasteiger partial charge < -0.3 is 4.52 Å². The van der Waals surface area contributed by atoms with Gasteiger partial charge in [0, 0.05) is 38.3 Å². The molecule has 0 aliphatic carbocycles. The topological polar surface area (TPSA) is 80.8 Å². The lowest BCUT2D eigenvalue weighted by Gasteiger charge is -2.32. The monoisotopic (exact) mass is 336 g/mol. The first kappa shape index (κ1) is 15.8. The van der Waals surface area contributed by atoms with Crippen LogP contribution in [0.15, 0.2) is 41.4 Å². The van der Waals surface area contributed by atoms with Gasteiger partial charge in [0.25, 0.3) is 0 Å². The Bertz CT molecular complexity index is 834. The smallest absolute Gasteiger partial charge is 0.223 e. The van der Waals surface area contributed by atoms with E-state index in [9.17, 15) is 0 Å². The lowest BCUT2D eigenvalue weighted by molar-refractivity contribution is 0.196. The molecule has 128 valence electrons. The Morgan fingerprint density at radius 2 is 2.24 bits per heavy atom. The van der Waals surface area contributed by atoms with Crippen molar-refractivity contribution in [3.05, 3.63) is 54.2 Å². The van der Waals surface area contributed by atoms with Gasteiger partial charge in [0.05, 0.1) is 17.0 Å². The summed E-state index contributed by atoms with van der Waals surface area (Å²) < 4.78 is 5.13. The van der Waals surface area contributed by atoms with Crippen LogP contribution in [0.1, 0.15) is 36.0 Å². The van der Waals surface area contributed by atoms with Crippen LogP contribution in [-0.4, -0.2) is 43.1 Å². The summed E-state index contributed by atoms with van der Waals surface area (Å²) in [6.07, 6.45) is 7.46. The Kier molecular flexibility index (Phi) is 4.47. The largest absolute Gasteiger partial charge is 0.339 e. The molecule has 1 atom stereocenters. The predicted molar refractivity (Wildman–Crippen MR) is 91.6 cm³/mol. The molecule has 1 aliphatic heterocycles. The summed E-state index contributed by atoms with van der Waals surface area (Å²) in [5.74, 6) is 1.44. The molecule has 0 bridgehead atoms. The van der Waals surface area contributed by atoms with E-state index in [-0.39, 0.29) is 0 Å². The summed E-state index contributed by atoms with van der Waals surface area (Å²) in [7, 11) is 0. The maximum Gasteiger partial charge on any atom is 0.223 e. The minimum Gasteiger partial charge on any atom is -0.339 e. The fourth-order valence-electron chi connectivity index (χ4n) is 3.39. The second kappa shape index (κ2) is 7.06. The first-order valence-electron chi connectivity index (χ1n) is 8.52. The van der Waals surface area contributed by atoms with Gasteiger partial charge in [-0.3, -0.25) is 9.88 Å². The minimum atomic E-state index is 0.328. The number of hydrogen-bond acceptors (Lipinski definition) is 7. The Morgan fingerprint density at radius 3 is 3.04 bits per heavy atom. The highest BCUT2D eigenvalue weighted by molar-refractivity contribution is 5.57. The van der Waals surface area contributed by atoms with Gasteiger partial charge in [-0.05, 0) is 31.5 Å². The summed E-state index contributed by atoms with van der Waals surface area (Å²) in [5.41, 5.74) is 2.96. The van der Waals surface area contributed by atoms with Crippen molar-refractivity contribution in [2.24, 2.45) is 0 Å². The fraction of sp³-hybridized carbons (Fsp3) is 0.389. The summed E-state index contributed by atoms with van der Waals surface area (Å²) in [4.78, 5) is 19.9. The van der Waals surface area contributed by atoms with Crippen LogP contribution >= 0.6 is 0 Å². The van der Waals surface area contributed by atoms with Crippen molar-refractivity contribution >= 4 is 0 Å². The molecule has 1 saturated heterocycles. The molecular formula is C18H20N6O. The molecule has 0 radical (unpaired) electrons. The number of rotatable bonds is 4. The van der Waals surface area contributed by atoms with Crippen LogP contribution < -0.4 is 0 Å². The van der Waals surface area contributed by atoms with Gasteiger partial charge >= 0.3 is 0 Å². The number of aryl methyl sites for hydroxylation is 1. The lowest BCUT2D eigenvalue weighted by atomic mass is 9.91. The standard InChI is InChI=1S/C18H20N6O/c1-13-22-18(23-25-13)16-9-19-12-21-17(16)14-5-4-8-24(10-14)11-15-6-2-3-7-20-15/h2-3,6-7,9,12,14H,4-5,8,10-11H2,1H3/t14-/m1/s1. The number of likely N-dealkylation sites (tertiary alicyclic amines) is 1. The molecule has 4 heterocycles. The Labute approximate surface area is 146 Å². The van der Waals surface area contributed by atoms with E-state index in [4.69, 9.17) is 4.52 Å². The molecule has 0 N–H and O–H groups in total.